The van der Waals surface area contributed by atoms with E-state index in [4.69, 9.17) is 9.47 Å². The average molecular weight is 492 g/mol. The van der Waals surface area contributed by atoms with Crippen LogP contribution in [0.4, 0.5) is 11.4 Å². The molecule has 0 aliphatic heterocycles. The number of hydrogen-bond acceptors (Lipinski definition) is 8. The molecular weight excluding hydrogens is 466 g/mol. The summed E-state index contributed by atoms with van der Waals surface area (Å²) in [5.41, 5.74) is 3.81. The Bertz CT molecular complexity index is 1480. The van der Waals surface area contributed by atoms with Crippen LogP contribution in [0.25, 0.3) is 16.6 Å². The second-order valence-electron chi connectivity index (χ2n) is 8.09. The summed E-state index contributed by atoms with van der Waals surface area (Å²) in [6.07, 6.45) is 0.397. The number of carbonyl (C=O) groups excluding carboxylic acids is 2. The molecule has 0 aliphatic rings. The number of ether oxygens (including phenoxy) is 2. The normalized spacial score (nSPS) is 11.0. The molecule has 11 nitrogen and oxygen atoms in total. The van der Waals surface area contributed by atoms with Gasteiger partial charge >= 0.3 is 5.97 Å². The Morgan fingerprint density at radius 3 is 2.69 bits per heavy atom. The molecule has 1 N–H and O–H groups in total. The quantitative estimate of drug-likeness (QED) is 0.211. The van der Waals surface area contributed by atoms with Crippen molar-refractivity contribution in [3.05, 3.63) is 69.5 Å². The molecule has 11 heteroatoms. The molecule has 0 saturated heterocycles. The van der Waals surface area contributed by atoms with Crippen LogP contribution >= 0.6 is 0 Å². The van der Waals surface area contributed by atoms with Gasteiger partial charge in [-0.2, -0.15) is 5.10 Å². The van der Waals surface area contributed by atoms with Crippen LogP contribution < -0.4 is 10.1 Å². The number of nitro benzene ring substituents is 1. The molecule has 0 bridgehead atoms. The molecule has 0 atom stereocenters. The molecule has 36 heavy (non-hydrogen) atoms. The number of esters is 1. The molecular formula is C25H25N5O6. The molecule has 0 aliphatic carbocycles. The molecule has 0 radical (unpaired) electrons. The monoisotopic (exact) mass is 491 g/mol. The summed E-state index contributed by atoms with van der Waals surface area (Å²) >= 11 is 0. The maximum Gasteiger partial charge on any atom is 0.306 e. The Labute approximate surface area is 206 Å². The number of nitro groups is 1. The van der Waals surface area contributed by atoms with Crippen molar-refractivity contribution >= 4 is 39.8 Å². The summed E-state index contributed by atoms with van der Waals surface area (Å²) in [6, 6.07) is 11.8. The fourth-order valence-electron chi connectivity index (χ4n) is 3.99. The van der Waals surface area contributed by atoms with E-state index in [1.807, 2.05) is 38.1 Å². The lowest BCUT2D eigenvalue weighted by Gasteiger charge is -2.11. The molecule has 0 saturated carbocycles. The van der Waals surface area contributed by atoms with Gasteiger partial charge in [0.1, 0.15) is 11.4 Å². The van der Waals surface area contributed by atoms with Gasteiger partial charge in [-0.3, -0.25) is 19.7 Å². The number of rotatable bonds is 9. The third kappa shape index (κ3) is 5.09. The zero-order chi connectivity index (χ0) is 25.8. The van der Waals surface area contributed by atoms with Crippen LogP contribution in [0.2, 0.25) is 0 Å². The summed E-state index contributed by atoms with van der Waals surface area (Å²) < 4.78 is 12.1. The Morgan fingerprint density at radius 1 is 1.17 bits per heavy atom. The van der Waals surface area contributed by atoms with Crippen LogP contribution in [0.5, 0.6) is 5.75 Å². The van der Waals surface area contributed by atoms with Crippen LogP contribution in [0.3, 0.4) is 0 Å². The van der Waals surface area contributed by atoms with E-state index in [1.54, 1.807) is 11.4 Å². The predicted octanol–water partition coefficient (Wildman–Crippen LogP) is 3.92. The van der Waals surface area contributed by atoms with E-state index in [0.29, 0.717) is 18.8 Å². The van der Waals surface area contributed by atoms with Gasteiger partial charge in [-0.05, 0) is 57.0 Å². The second kappa shape index (κ2) is 10.4. The Morgan fingerprint density at radius 2 is 1.94 bits per heavy atom. The Hall–Kier alpha value is -4.54. The summed E-state index contributed by atoms with van der Waals surface area (Å²) in [5, 5.41) is 19.3. The number of nitrogens with one attached hydrogen (secondary N) is 1. The van der Waals surface area contributed by atoms with E-state index in [0.717, 1.165) is 33.5 Å². The van der Waals surface area contributed by atoms with Crippen molar-refractivity contribution < 1.29 is 24.0 Å². The van der Waals surface area contributed by atoms with E-state index < -0.39 is 23.4 Å². The average Bonchev–Trinajstić information content (AvgIpc) is 3.22. The Kier molecular flexibility index (Phi) is 7.09. The first-order valence-electron chi connectivity index (χ1n) is 11.4. The van der Waals surface area contributed by atoms with Crippen molar-refractivity contribution in [2.75, 3.05) is 18.5 Å². The molecule has 2 heterocycles. The van der Waals surface area contributed by atoms with Gasteiger partial charge in [0, 0.05) is 23.2 Å². The first-order valence-corrected chi connectivity index (χ1v) is 11.4. The first-order chi connectivity index (χ1) is 17.3. The van der Waals surface area contributed by atoms with E-state index in [-0.39, 0.29) is 17.8 Å². The zero-order valence-corrected chi connectivity index (χ0v) is 20.1. The number of aromatic nitrogens is 3. The molecule has 0 fully saturated rings. The second-order valence-corrected chi connectivity index (χ2v) is 8.09. The number of hydrogen-bond donors (Lipinski definition) is 1. The summed E-state index contributed by atoms with van der Waals surface area (Å²) in [4.78, 5) is 40.0. The van der Waals surface area contributed by atoms with Crippen molar-refractivity contribution in [1.29, 1.82) is 0 Å². The third-order valence-corrected chi connectivity index (χ3v) is 5.71. The fourth-order valence-corrected chi connectivity index (χ4v) is 3.99. The SMILES string of the molecule is CCOc1ccc(NC(=O)COC(=O)CCc2c(C)nc3c4ccccc4nn3c2C)c([N+](=O)[O-])c1. The summed E-state index contributed by atoms with van der Waals surface area (Å²) in [7, 11) is 0. The van der Waals surface area contributed by atoms with Crippen LogP contribution in [-0.2, 0) is 20.7 Å². The lowest BCUT2D eigenvalue weighted by Crippen LogP contribution is -2.21. The summed E-state index contributed by atoms with van der Waals surface area (Å²) in [6.45, 7) is 5.34. The number of carbonyl (C=O) groups is 2. The maximum absolute atomic E-state index is 12.3. The van der Waals surface area contributed by atoms with Gasteiger partial charge in [-0.15, -0.1) is 0 Å². The van der Waals surface area contributed by atoms with E-state index >= 15 is 0 Å². The molecule has 0 unspecified atom stereocenters. The molecule has 0 spiro atoms. The van der Waals surface area contributed by atoms with E-state index in [2.05, 4.69) is 15.4 Å². The highest BCUT2D eigenvalue weighted by molar-refractivity contribution is 5.95. The molecule has 186 valence electrons. The van der Waals surface area contributed by atoms with Crippen LogP contribution in [-0.4, -0.2) is 44.6 Å². The Balaban J connectivity index is 1.37. The molecule has 2 aromatic carbocycles. The van der Waals surface area contributed by atoms with Gasteiger partial charge in [0.2, 0.25) is 0 Å². The maximum atomic E-state index is 12.3. The molecule has 4 rings (SSSR count). The first kappa shape index (κ1) is 24.6. The lowest BCUT2D eigenvalue weighted by molar-refractivity contribution is -0.384. The highest BCUT2D eigenvalue weighted by Gasteiger charge is 2.19. The van der Waals surface area contributed by atoms with Crippen LogP contribution in [0.15, 0.2) is 42.5 Å². The smallest absolute Gasteiger partial charge is 0.306 e. The standard InChI is InChI=1S/C25H25N5O6/c1-4-35-17-9-11-21(22(13-17)30(33)34)27-23(31)14-36-24(32)12-10-18-15(2)26-25-19-7-5-6-8-20(19)28-29(25)16(18)3/h5-9,11,13H,4,10,12,14H2,1-3H3,(H,27,31). The van der Waals surface area contributed by atoms with E-state index in [9.17, 15) is 19.7 Å². The highest BCUT2D eigenvalue weighted by atomic mass is 16.6. The van der Waals surface area contributed by atoms with Crippen molar-refractivity contribution in [3.8, 4) is 5.75 Å². The minimum Gasteiger partial charge on any atom is -0.494 e. The topological polar surface area (TPSA) is 138 Å². The predicted molar refractivity (Wildman–Crippen MR) is 132 cm³/mol. The number of amides is 1. The highest BCUT2D eigenvalue weighted by Crippen LogP contribution is 2.29. The largest absolute Gasteiger partial charge is 0.494 e. The number of nitrogens with zero attached hydrogens (tertiary/aromatic N) is 4. The minimum atomic E-state index is -0.686. The number of fused-ring (bicyclic) bond motifs is 3. The van der Waals surface area contributed by atoms with Crippen molar-refractivity contribution in [1.82, 2.24) is 14.6 Å². The van der Waals surface area contributed by atoms with E-state index in [1.165, 1.54) is 18.2 Å². The van der Waals surface area contributed by atoms with Gasteiger partial charge < -0.3 is 14.8 Å². The van der Waals surface area contributed by atoms with Gasteiger partial charge in [0.25, 0.3) is 11.6 Å². The third-order valence-electron chi connectivity index (χ3n) is 5.71. The molecule has 4 aromatic rings. The number of benzene rings is 2. The fraction of sp³-hybridized carbons (Fsp3) is 0.280. The van der Waals surface area contributed by atoms with Gasteiger partial charge in [0.15, 0.2) is 12.3 Å². The van der Waals surface area contributed by atoms with Gasteiger partial charge in [-0.1, -0.05) is 12.1 Å². The summed E-state index contributed by atoms with van der Waals surface area (Å²) in [5.74, 6) is -0.944. The van der Waals surface area contributed by atoms with Crippen molar-refractivity contribution in [2.24, 2.45) is 0 Å². The van der Waals surface area contributed by atoms with Crippen molar-refractivity contribution in [2.45, 2.75) is 33.6 Å². The minimum absolute atomic E-state index is 0.0123. The zero-order valence-electron chi connectivity index (χ0n) is 20.1. The van der Waals surface area contributed by atoms with Gasteiger partial charge in [-0.25, -0.2) is 9.50 Å². The van der Waals surface area contributed by atoms with Gasteiger partial charge in [0.05, 0.1) is 23.1 Å². The van der Waals surface area contributed by atoms with Crippen molar-refractivity contribution in [3.63, 3.8) is 0 Å². The number of aryl methyl sites for hydroxylation is 2. The molecule has 2 aromatic heterocycles. The number of anilines is 1. The molecule has 1 amide bonds. The lowest BCUT2D eigenvalue weighted by atomic mass is 10.1. The van der Waals surface area contributed by atoms with Crippen LogP contribution in [0.1, 0.15) is 30.3 Å². The van der Waals surface area contributed by atoms with Crippen LogP contribution in [0, 0.1) is 24.0 Å².